The van der Waals surface area contributed by atoms with Crippen LogP contribution in [0.15, 0.2) is 20.7 Å². The normalized spacial score (nSPS) is 17.9. The highest BCUT2D eigenvalue weighted by molar-refractivity contribution is 7.89. The highest BCUT2D eigenvalue weighted by atomic mass is 32.2. The molecule has 8 heteroatoms. The summed E-state index contributed by atoms with van der Waals surface area (Å²) in [5, 5.41) is 0. The molecule has 7 nitrogen and oxygen atoms in total. The second-order valence-electron chi connectivity index (χ2n) is 5.07. The monoisotopic (exact) mass is 301 g/mol. The first-order chi connectivity index (χ1) is 9.35. The Balaban J connectivity index is 2.55. The van der Waals surface area contributed by atoms with Crippen molar-refractivity contribution in [2.75, 3.05) is 13.1 Å². The van der Waals surface area contributed by atoms with Gasteiger partial charge in [-0.3, -0.25) is 9.36 Å². The van der Waals surface area contributed by atoms with Gasteiger partial charge >= 0.3 is 5.69 Å². The first-order valence-corrected chi connectivity index (χ1v) is 8.06. The van der Waals surface area contributed by atoms with E-state index in [-0.39, 0.29) is 4.90 Å². The van der Waals surface area contributed by atoms with Crippen molar-refractivity contribution in [2.24, 2.45) is 14.1 Å². The molecule has 0 spiro atoms. The maximum atomic E-state index is 12.6. The highest BCUT2D eigenvalue weighted by Gasteiger charge is 2.29. The molecule has 2 rings (SSSR count). The van der Waals surface area contributed by atoms with E-state index in [4.69, 9.17) is 0 Å². The van der Waals surface area contributed by atoms with Gasteiger partial charge in [-0.25, -0.2) is 13.2 Å². The molecule has 0 unspecified atom stereocenters. The lowest BCUT2D eigenvalue weighted by molar-refractivity contribution is 0.421. The fraction of sp³-hybridized carbons (Fsp3) is 0.667. The van der Waals surface area contributed by atoms with Crippen LogP contribution in [0.4, 0.5) is 0 Å². The van der Waals surface area contributed by atoms with Crippen LogP contribution in [0, 0.1) is 0 Å². The number of aryl methyl sites for hydroxylation is 1. The van der Waals surface area contributed by atoms with Crippen LogP contribution in [0.25, 0.3) is 0 Å². The Labute approximate surface area is 117 Å². The van der Waals surface area contributed by atoms with Gasteiger partial charge in [-0.1, -0.05) is 12.8 Å². The van der Waals surface area contributed by atoms with Crippen molar-refractivity contribution in [2.45, 2.75) is 30.6 Å². The fourth-order valence-electron chi connectivity index (χ4n) is 2.37. The van der Waals surface area contributed by atoms with E-state index in [1.165, 1.54) is 18.4 Å². The molecule has 0 saturated carbocycles. The van der Waals surface area contributed by atoms with Gasteiger partial charge in [-0.2, -0.15) is 4.31 Å². The van der Waals surface area contributed by atoms with E-state index in [2.05, 4.69) is 0 Å². The molecule has 0 atom stereocenters. The standard InChI is InChI=1S/C12H19N3O4S/c1-13-9-10(11(16)14(2)12(13)17)20(18,19)15-7-5-3-4-6-8-15/h9H,3-8H2,1-2H3. The van der Waals surface area contributed by atoms with Gasteiger partial charge in [0, 0.05) is 33.4 Å². The van der Waals surface area contributed by atoms with E-state index in [1.54, 1.807) is 0 Å². The largest absolute Gasteiger partial charge is 0.330 e. The minimum Gasteiger partial charge on any atom is -0.302 e. The van der Waals surface area contributed by atoms with Crippen molar-refractivity contribution in [1.29, 1.82) is 0 Å². The summed E-state index contributed by atoms with van der Waals surface area (Å²) < 4.78 is 28.4. The number of aromatic nitrogens is 2. The molecule has 0 aliphatic carbocycles. The Morgan fingerprint density at radius 3 is 2.10 bits per heavy atom. The lowest BCUT2D eigenvalue weighted by Crippen LogP contribution is -2.42. The SMILES string of the molecule is Cn1cc(S(=O)(=O)N2CCCCCC2)c(=O)n(C)c1=O. The first kappa shape index (κ1) is 15.0. The smallest absolute Gasteiger partial charge is 0.302 e. The van der Waals surface area contributed by atoms with E-state index >= 15 is 0 Å². The van der Waals surface area contributed by atoms with Crippen LogP contribution in [-0.2, 0) is 24.1 Å². The molecule has 2 heterocycles. The molecule has 20 heavy (non-hydrogen) atoms. The van der Waals surface area contributed by atoms with Crippen LogP contribution >= 0.6 is 0 Å². The lowest BCUT2D eigenvalue weighted by Gasteiger charge is -2.20. The van der Waals surface area contributed by atoms with Crippen LogP contribution < -0.4 is 11.2 Å². The number of hydrogen-bond donors (Lipinski definition) is 0. The van der Waals surface area contributed by atoms with Gasteiger partial charge in [-0.15, -0.1) is 0 Å². The molecule has 0 amide bonds. The summed E-state index contributed by atoms with van der Waals surface area (Å²) in [7, 11) is -1.12. The summed E-state index contributed by atoms with van der Waals surface area (Å²) in [4.78, 5) is 23.3. The van der Waals surface area contributed by atoms with Gasteiger partial charge in [-0.05, 0) is 12.8 Å². The summed E-state index contributed by atoms with van der Waals surface area (Å²) >= 11 is 0. The Morgan fingerprint density at radius 2 is 1.55 bits per heavy atom. The molecule has 1 aromatic rings. The summed E-state index contributed by atoms with van der Waals surface area (Å²) in [5.74, 6) is 0. The molecular formula is C12H19N3O4S. The molecule has 1 aliphatic heterocycles. The second kappa shape index (κ2) is 5.53. The minimum atomic E-state index is -3.84. The quantitative estimate of drug-likeness (QED) is 0.747. The minimum absolute atomic E-state index is 0.330. The van der Waals surface area contributed by atoms with Crippen molar-refractivity contribution in [3.05, 3.63) is 27.0 Å². The molecular weight excluding hydrogens is 282 g/mol. The highest BCUT2D eigenvalue weighted by Crippen LogP contribution is 2.17. The number of hydrogen-bond acceptors (Lipinski definition) is 4. The molecule has 0 bridgehead atoms. The van der Waals surface area contributed by atoms with Crippen LogP contribution in [0.3, 0.4) is 0 Å². The predicted octanol–water partition coefficient (Wildman–Crippen LogP) is -0.351. The first-order valence-electron chi connectivity index (χ1n) is 6.62. The fourth-order valence-corrected chi connectivity index (χ4v) is 4.04. The predicted molar refractivity (Wildman–Crippen MR) is 74.2 cm³/mol. The lowest BCUT2D eigenvalue weighted by atomic mass is 10.2. The topological polar surface area (TPSA) is 81.4 Å². The van der Waals surface area contributed by atoms with Gasteiger partial charge in [0.05, 0.1) is 0 Å². The van der Waals surface area contributed by atoms with Crippen molar-refractivity contribution in [3.8, 4) is 0 Å². The zero-order chi connectivity index (χ0) is 14.9. The average molecular weight is 301 g/mol. The number of sulfonamides is 1. The molecule has 0 radical (unpaired) electrons. The Bertz CT molecular complexity index is 709. The van der Waals surface area contributed by atoms with E-state index in [0.29, 0.717) is 13.1 Å². The molecule has 1 aromatic heterocycles. The molecule has 1 fully saturated rings. The number of rotatable bonds is 2. The summed E-state index contributed by atoms with van der Waals surface area (Å²) in [6, 6.07) is 0. The van der Waals surface area contributed by atoms with Crippen molar-refractivity contribution >= 4 is 10.0 Å². The maximum Gasteiger partial charge on any atom is 0.330 e. The number of nitrogens with zero attached hydrogens (tertiary/aromatic N) is 3. The van der Waals surface area contributed by atoms with E-state index < -0.39 is 21.3 Å². The van der Waals surface area contributed by atoms with Crippen molar-refractivity contribution in [3.63, 3.8) is 0 Å². The average Bonchev–Trinajstić information content (AvgIpc) is 2.69. The van der Waals surface area contributed by atoms with Gasteiger partial charge in [0.15, 0.2) is 4.90 Å². The third-order valence-corrected chi connectivity index (χ3v) is 5.48. The summed E-state index contributed by atoms with van der Waals surface area (Å²) in [6.07, 6.45) is 4.70. The van der Waals surface area contributed by atoms with Crippen LogP contribution in [-0.4, -0.2) is 34.9 Å². The summed E-state index contributed by atoms with van der Waals surface area (Å²) in [6.45, 7) is 0.850. The molecule has 0 N–H and O–H groups in total. The van der Waals surface area contributed by atoms with E-state index in [9.17, 15) is 18.0 Å². The van der Waals surface area contributed by atoms with E-state index in [0.717, 1.165) is 41.0 Å². The maximum absolute atomic E-state index is 12.6. The van der Waals surface area contributed by atoms with Gasteiger partial charge in [0.1, 0.15) is 0 Å². The van der Waals surface area contributed by atoms with Crippen LogP contribution in [0.2, 0.25) is 0 Å². The Kier molecular flexibility index (Phi) is 4.14. The molecule has 1 saturated heterocycles. The van der Waals surface area contributed by atoms with Gasteiger partial charge in [0.25, 0.3) is 5.56 Å². The zero-order valence-electron chi connectivity index (χ0n) is 11.7. The third-order valence-electron chi connectivity index (χ3n) is 3.60. The van der Waals surface area contributed by atoms with Crippen LogP contribution in [0.1, 0.15) is 25.7 Å². The van der Waals surface area contributed by atoms with Crippen LogP contribution in [0.5, 0.6) is 0 Å². The summed E-state index contributed by atoms with van der Waals surface area (Å²) in [5.41, 5.74) is -1.30. The van der Waals surface area contributed by atoms with Gasteiger partial charge < -0.3 is 4.57 Å². The molecule has 1 aliphatic rings. The van der Waals surface area contributed by atoms with E-state index in [1.807, 2.05) is 0 Å². The third kappa shape index (κ3) is 2.57. The second-order valence-corrected chi connectivity index (χ2v) is 6.98. The van der Waals surface area contributed by atoms with Gasteiger partial charge in [0.2, 0.25) is 10.0 Å². The van der Waals surface area contributed by atoms with Crippen molar-refractivity contribution < 1.29 is 8.42 Å². The Hall–Kier alpha value is -1.41. The zero-order valence-corrected chi connectivity index (χ0v) is 12.5. The Morgan fingerprint density at radius 1 is 1.00 bits per heavy atom. The van der Waals surface area contributed by atoms with Crippen molar-refractivity contribution in [1.82, 2.24) is 13.4 Å². The molecule has 112 valence electrons. The molecule has 0 aromatic carbocycles.